The third-order valence-corrected chi connectivity index (χ3v) is 3.43. The van der Waals surface area contributed by atoms with E-state index >= 15 is 0 Å². The van der Waals surface area contributed by atoms with E-state index in [9.17, 15) is 9.59 Å². The highest BCUT2D eigenvalue weighted by Gasteiger charge is 2.11. The number of amides is 3. The molecule has 7 heteroatoms. The Morgan fingerprint density at radius 1 is 1.04 bits per heavy atom. The first-order valence-electron chi connectivity index (χ1n) is 7.77. The van der Waals surface area contributed by atoms with Crippen molar-refractivity contribution in [3.63, 3.8) is 0 Å². The van der Waals surface area contributed by atoms with Crippen LogP contribution in [-0.4, -0.2) is 34.8 Å². The van der Waals surface area contributed by atoms with Crippen LogP contribution in [-0.2, 0) is 7.05 Å². The molecule has 0 fully saturated rings. The molecular formula is C17H23N5O2. The fourth-order valence-electron chi connectivity index (χ4n) is 2.49. The van der Waals surface area contributed by atoms with Crippen LogP contribution in [0.4, 0.5) is 10.5 Å². The van der Waals surface area contributed by atoms with Gasteiger partial charge in [0.05, 0.1) is 11.3 Å². The lowest BCUT2D eigenvalue weighted by Gasteiger charge is -2.10. The van der Waals surface area contributed by atoms with Crippen LogP contribution in [0.5, 0.6) is 0 Å². The Balaban J connectivity index is 1.74. The quantitative estimate of drug-likeness (QED) is 0.732. The summed E-state index contributed by atoms with van der Waals surface area (Å²) in [6.07, 6.45) is 1.67. The Bertz CT molecular complexity index is 731. The van der Waals surface area contributed by atoms with E-state index in [1.165, 1.54) is 0 Å². The second-order valence-electron chi connectivity index (χ2n) is 5.82. The minimum absolute atomic E-state index is 0.197. The van der Waals surface area contributed by atoms with Crippen LogP contribution in [0.2, 0.25) is 0 Å². The average molecular weight is 329 g/mol. The number of carbonyl (C=O) groups is 2. The molecule has 0 saturated carbocycles. The molecule has 1 heterocycles. The molecule has 0 atom stereocenters. The summed E-state index contributed by atoms with van der Waals surface area (Å²) in [6, 6.07) is 5.55. The number of nitrogens with one attached hydrogen (secondary N) is 3. The molecule has 1 aromatic heterocycles. The lowest BCUT2D eigenvalue weighted by atomic mass is 10.1. The number of benzene rings is 1. The lowest BCUT2D eigenvalue weighted by Crippen LogP contribution is -2.36. The highest BCUT2D eigenvalue weighted by Crippen LogP contribution is 2.13. The summed E-state index contributed by atoms with van der Waals surface area (Å²) >= 11 is 0. The predicted octanol–water partition coefficient (Wildman–Crippen LogP) is 1.90. The number of hydrogen-bond donors (Lipinski definition) is 3. The van der Waals surface area contributed by atoms with Gasteiger partial charge in [-0.05, 0) is 44.0 Å². The fourth-order valence-corrected chi connectivity index (χ4v) is 2.49. The minimum atomic E-state index is -0.299. The van der Waals surface area contributed by atoms with Crippen LogP contribution >= 0.6 is 0 Å². The van der Waals surface area contributed by atoms with E-state index in [4.69, 9.17) is 0 Å². The first-order chi connectivity index (χ1) is 11.3. The van der Waals surface area contributed by atoms with E-state index in [-0.39, 0.29) is 11.9 Å². The molecule has 0 saturated heterocycles. The monoisotopic (exact) mass is 329 g/mol. The zero-order valence-corrected chi connectivity index (χ0v) is 14.4. The SMILES string of the molecule is Cc1cc(C)cc(NC(=O)NCCNC(=O)c2cn(C)nc2C)c1. The van der Waals surface area contributed by atoms with Gasteiger partial charge in [0.25, 0.3) is 5.91 Å². The van der Waals surface area contributed by atoms with Crippen molar-refractivity contribution in [2.24, 2.45) is 7.05 Å². The van der Waals surface area contributed by atoms with Gasteiger partial charge in [0.2, 0.25) is 0 Å². The van der Waals surface area contributed by atoms with Crippen molar-refractivity contribution < 1.29 is 9.59 Å². The van der Waals surface area contributed by atoms with Crippen molar-refractivity contribution >= 4 is 17.6 Å². The summed E-state index contributed by atoms with van der Waals surface area (Å²) in [6.45, 7) is 6.41. The van der Waals surface area contributed by atoms with Crippen molar-refractivity contribution in [1.82, 2.24) is 20.4 Å². The van der Waals surface area contributed by atoms with Crippen LogP contribution in [0.15, 0.2) is 24.4 Å². The van der Waals surface area contributed by atoms with Gasteiger partial charge in [0.15, 0.2) is 0 Å². The van der Waals surface area contributed by atoms with Gasteiger partial charge in [-0.25, -0.2) is 4.79 Å². The maximum atomic E-state index is 12.0. The van der Waals surface area contributed by atoms with E-state index in [2.05, 4.69) is 21.0 Å². The van der Waals surface area contributed by atoms with Gasteiger partial charge in [-0.2, -0.15) is 5.10 Å². The third kappa shape index (κ3) is 4.84. The molecule has 3 N–H and O–H groups in total. The Hall–Kier alpha value is -2.83. The van der Waals surface area contributed by atoms with Crippen molar-refractivity contribution in [2.45, 2.75) is 20.8 Å². The number of aryl methyl sites for hydroxylation is 4. The summed E-state index contributed by atoms with van der Waals surface area (Å²) in [7, 11) is 1.77. The summed E-state index contributed by atoms with van der Waals surface area (Å²) in [4.78, 5) is 23.9. The maximum Gasteiger partial charge on any atom is 0.319 e. The summed E-state index contributed by atoms with van der Waals surface area (Å²) in [5, 5.41) is 12.4. The molecule has 0 aliphatic heterocycles. The zero-order chi connectivity index (χ0) is 17.7. The predicted molar refractivity (Wildman–Crippen MR) is 93.2 cm³/mol. The van der Waals surface area contributed by atoms with Gasteiger partial charge in [-0.3, -0.25) is 9.48 Å². The van der Waals surface area contributed by atoms with Crippen molar-refractivity contribution in [3.05, 3.63) is 46.8 Å². The third-order valence-electron chi connectivity index (χ3n) is 3.43. The number of urea groups is 1. The Morgan fingerprint density at radius 3 is 2.25 bits per heavy atom. The number of hydrogen-bond acceptors (Lipinski definition) is 3. The average Bonchev–Trinajstić information content (AvgIpc) is 2.81. The Kier molecular flexibility index (Phi) is 5.57. The van der Waals surface area contributed by atoms with E-state index in [0.717, 1.165) is 16.8 Å². The maximum absolute atomic E-state index is 12.0. The lowest BCUT2D eigenvalue weighted by molar-refractivity contribution is 0.0953. The molecule has 0 radical (unpaired) electrons. The molecule has 0 unspecified atom stereocenters. The standard InChI is InChI=1S/C17H23N5O2/c1-11-7-12(2)9-14(8-11)20-17(24)19-6-5-18-16(23)15-10-22(4)21-13(15)3/h7-10H,5-6H2,1-4H3,(H,18,23)(H2,19,20,24). The minimum Gasteiger partial charge on any atom is -0.350 e. The Morgan fingerprint density at radius 2 is 1.67 bits per heavy atom. The molecule has 0 aliphatic rings. The van der Waals surface area contributed by atoms with Gasteiger partial charge in [-0.1, -0.05) is 6.07 Å². The molecule has 1 aromatic carbocycles. The fraction of sp³-hybridized carbons (Fsp3) is 0.353. The van der Waals surface area contributed by atoms with Crippen molar-refractivity contribution in [3.8, 4) is 0 Å². The van der Waals surface area contributed by atoms with E-state index < -0.39 is 0 Å². The van der Waals surface area contributed by atoms with Crippen LogP contribution in [0.25, 0.3) is 0 Å². The van der Waals surface area contributed by atoms with Gasteiger partial charge < -0.3 is 16.0 Å². The second-order valence-corrected chi connectivity index (χ2v) is 5.82. The molecule has 128 valence electrons. The topological polar surface area (TPSA) is 88.0 Å². The van der Waals surface area contributed by atoms with Gasteiger partial charge in [-0.15, -0.1) is 0 Å². The highest BCUT2D eigenvalue weighted by molar-refractivity contribution is 5.95. The van der Waals surface area contributed by atoms with Gasteiger partial charge >= 0.3 is 6.03 Å². The van der Waals surface area contributed by atoms with E-state index in [0.29, 0.717) is 24.3 Å². The van der Waals surface area contributed by atoms with Crippen LogP contribution in [0, 0.1) is 20.8 Å². The first-order valence-corrected chi connectivity index (χ1v) is 7.77. The first kappa shape index (κ1) is 17.5. The van der Waals surface area contributed by atoms with Gasteiger partial charge in [0, 0.05) is 32.0 Å². The molecule has 2 aromatic rings. The summed E-state index contributed by atoms with van der Waals surface area (Å²) < 4.78 is 1.60. The molecule has 0 spiro atoms. The van der Waals surface area contributed by atoms with Crippen LogP contribution in [0.3, 0.4) is 0 Å². The Labute approximate surface area is 141 Å². The summed E-state index contributed by atoms with van der Waals surface area (Å²) in [5.41, 5.74) is 4.14. The van der Waals surface area contributed by atoms with E-state index in [1.807, 2.05) is 32.0 Å². The largest absolute Gasteiger partial charge is 0.350 e. The number of anilines is 1. The smallest absolute Gasteiger partial charge is 0.319 e. The molecule has 3 amide bonds. The van der Waals surface area contributed by atoms with Crippen LogP contribution in [0.1, 0.15) is 27.2 Å². The molecule has 0 bridgehead atoms. The molecular weight excluding hydrogens is 306 g/mol. The molecule has 0 aliphatic carbocycles. The zero-order valence-electron chi connectivity index (χ0n) is 14.4. The van der Waals surface area contributed by atoms with Crippen molar-refractivity contribution in [2.75, 3.05) is 18.4 Å². The number of rotatable bonds is 5. The molecule has 7 nitrogen and oxygen atoms in total. The van der Waals surface area contributed by atoms with Gasteiger partial charge in [0.1, 0.15) is 0 Å². The number of nitrogens with zero attached hydrogens (tertiary/aromatic N) is 2. The molecule has 2 rings (SSSR count). The van der Waals surface area contributed by atoms with E-state index in [1.54, 1.807) is 24.9 Å². The number of carbonyl (C=O) groups excluding carboxylic acids is 2. The van der Waals surface area contributed by atoms with Crippen molar-refractivity contribution in [1.29, 1.82) is 0 Å². The van der Waals surface area contributed by atoms with Crippen LogP contribution < -0.4 is 16.0 Å². The molecule has 24 heavy (non-hydrogen) atoms. The highest BCUT2D eigenvalue weighted by atomic mass is 16.2. The summed E-state index contributed by atoms with van der Waals surface area (Å²) in [5.74, 6) is -0.197. The number of aromatic nitrogens is 2. The second kappa shape index (κ2) is 7.63. The normalized spacial score (nSPS) is 10.3.